The van der Waals surface area contributed by atoms with Gasteiger partial charge in [-0.15, -0.1) is 11.8 Å². The fourth-order valence-corrected chi connectivity index (χ4v) is 4.20. The number of thioether (sulfide) groups is 1. The van der Waals surface area contributed by atoms with Crippen LogP contribution in [0.3, 0.4) is 0 Å². The summed E-state index contributed by atoms with van der Waals surface area (Å²) >= 11 is 13.9. The zero-order valence-electron chi connectivity index (χ0n) is 19.9. The van der Waals surface area contributed by atoms with Gasteiger partial charge in [0, 0.05) is 28.0 Å². The fraction of sp³-hybridized carbons (Fsp3) is 0.107. The van der Waals surface area contributed by atoms with Gasteiger partial charge in [0.15, 0.2) is 0 Å². The van der Waals surface area contributed by atoms with Gasteiger partial charge < -0.3 is 15.4 Å². The Morgan fingerprint density at radius 1 is 0.973 bits per heavy atom. The molecule has 2 N–H and O–H groups in total. The lowest BCUT2D eigenvalue weighted by Crippen LogP contribution is -2.30. The highest BCUT2D eigenvalue weighted by atomic mass is 35.5. The Kier molecular flexibility index (Phi) is 10.8. The molecule has 3 aromatic carbocycles. The van der Waals surface area contributed by atoms with E-state index < -0.39 is 11.8 Å². The number of hydrogen-bond acceptors (Lipinski definition) is 5. The summed E-state index contributed by atoms with van der Waals surface area (Å²) in [7, 11) is 0. The van der Waals surface area contributed by atoms with Crippen molar-refractivity contribution in [3.05, 3.63) is 112 Å². The SMILES string of the molecule is CCOC(=O)/C=C/CSc1cccc(NC(=O)/C(=C\c2cccc(Cl)c2Cl)NC(=O)c2ccccc2)c1. The second-order valence-electron chi connectivity index (χ2n) is 7.47. The van der Waals surface area contributed by atoms with E-state index in [1.165, 1.54) is 23.9 Å². The molecule has 0 saturated heterocycles. The molecule has 0 bridgehead atoms. The van der Waals surface area contributed by atoms with Crippen LogP contribution in [0.5, 0.6) is 0 Å². The Bertz CT molecular complexity index is 1330. The van der Waals surface area contributed by atoms with Gasteiger partial charge in [0.2, 0.25) is 0 Å². The number of esters is 1. The van der Waals surface area contributed by atoms with Crippen molar-refractivity contribution >= 4 is 64.5 Å². The standard InChI is InChI=1S/C28H24Cl2N2O4S/c1-2-36-25(33)15-8-16-37-22-13-7-12-21(18-22)31-28(35)24(17-20-11-6-14-23(29)26(20)30)32-27(34)19-9-4-3-5-10-19/h3-15,17-18H,2,16H2,1H3,(H,31,35)(H,32,34)/b15-8+,24-17+. The molecule has 9 heteroatoms. The molecule has 3 rings (SSSR count). The smallest absolute Gasteiger partial charge is 0.330 e. The fourth-order valence-electron chi connectivity index (χ4n) is 3.07. The number of hydrogen-bond donors (Lipinski definition) is 2. The number of amides is 2. The maximum atomic E-state index is 13.2. The minimum Gasteiger partial charge on any atom is -0.463 e. The Balaban J connectivity index is 1.78. The largest absolute Gasteiger partial charge is 0.463 e. The van der Waals surface area contributed by atoms with E-state index in [1.54, 1.807) is 79.7 Å². The average molecular weight is 555 g/mol. The van der Waals surface area contributed by atoms with Crippen LogP contribution in [0.25, 0.3) is 6.08 Å². The van der Waals surface area contributed by atoms with Crippen molar-refractivity contribution in [2.75, 3.05) is 17.7 Å². The van der Waals surface area contributed by atoms with Crippen molar-refractivity contribution in [3.63, 3.8) is 0 Å². The molecule has 0 atom stereocenters. The van der Waals surface area contributed by atoms with Crippen molar-refractivity contribution < 1.29 is 19.1 Å². The highest BCUT2D eigenvalue weighted by Crippen LogP contribution is 2.27. The minimum absolute atomic E-state index is 0.00607. The first-order chi connectivity index (χ1) is 17.9. The highest BCUT2D eigenvalue weighted by molar-refractivity contribution is 7.99. The predicted molar refractivity (Wildman–Crippen MR) is 150 cm³/mol. The lowest BCUT2D eigenvalue weighted by molar-refractivity contribution is -0.137. The number of anilines is 1. The molecule has 190 valence electrons. The molecule has 2 amide bonds. The molecule has 0 unspecified atom stereocenters. The lowest BCUT2D eigenvalue weighted by Gasteiger charge is -2.12. The average Bonchev–Trinajstić information content (AvgIpc) is 2.89. The molecule has 0 fully saturated rings. The first-order valence-electron chi connectivity index (χ1n) is 11.3. The van der Waals surface area contributed by atoms with Gasteiger partial charge in [-0.3, -0.25) is 9.59 Å². The van der Waals surface area contributed by atoms with Crippen LogP contribution >= 0.6 is 35.0 Å². The summed E-state index contributed by atoms with van der Waals surface area (Å²) in [5.41, 5.74) is 1.40. The Morgan fingerprint density at radius 2 is 1.73 bits per heavy atom. The minimum atomic E-state index is -0.537. The molecular weight excluding hydrogens is 531 g/mol. The first kappa shape index (κ1) is 28.1. The van der Waals surface area contributed by atoms with Gasteiger partial charge >= 0.3 is 5.97 Å². The summed E-state index contributed by atoms with van der Waals surface area (Å²) in [5, 5.41) is 6.08. The third kappa shape index (κ3) is 8.82. The Morgan fingerprint density at radius 3 is 2.49 bits per heavy atom. The van der Waals surface area contributed by atoms with Crippen LogP contribution in [0.4, 0.5) is 5.69 Å². The van der Waals surface area contributed by atoms with Crippen LogP contribution in [0, 0.1) is 0 Å². The molecule has 0 saturated carbocycles. The molecule has 0 heterocycles. The third-order valence-corrected chi connectivity index (χ3v) is 6.57. The zero-order chi connectivity index (χ0) is 26.6. The van der Waals surface area contributed by atoms with E-state index in [4.69, 9.17) is 27.9 Å². The molecule has 0 aliphatic heterocycles. The summed E-state index contributed by atoms with van der Waals surface area (Å²) in [5.74, 6) is -0.829. The van der Waals surface area contributed by atoms with Crippen LogP contribution in [0.15, 0.2) is 95.5 Å². The van der Waals surface area contributed by atoms with E-state index >= 15 is 0 Å². The summed E-state index contributed by atoms with van der Waals surface area (Å²) in [6, 6.07) is 20.8. The van der Waals surface area contributed by atoms with Crippen LogP contribution in [0.2, 0.25) is 10.0 Å². The molecule has 0 radical (unpaired) electrons. The van der Waals surface area contributed by atoms with E-state index in [-0.39, 0.29) is 16.7 Å². The van der Waals surface area contributed by atoms with Gasteiger partial charge in [0.1, 0.15) is 5.70 Å². The summed E-state index contributed by atoms with van der Waals surface area (Å²) in [4.78, 5) is 38.4. The molecule has 0 aliphatic rings. The van der Waals surface area contributed by atoms with Crippen LogP contribution in [0.1, 0.15) is 22.8 Å². The Labute approximate surface area is 229 Å². The molecule has 0 aromatic heterocycles. The maximum absolute atomic E-state index is 13.2. The van der Waals surface area contributed by atoms with Crippen molar-refractivity contribution in [3.8, 4) is 0 Å². The number of benzene rings is 3. The lowest BCUT2D eigenvalue weighted by atomic mass is 10.1. The van der Waals surface area contributed by atoms with E-state index in [0.29, 0.717) is 34.2 Å². The summed E-state index contributed by atoms with van der Waals surface area (Å²) in [6.45, 7) is 2.07. The summed E-state index contributed by atoms with van der Waals surface area (Å²) < 4.78 is 4.86. The first-order valence-corrected chi connectivity index (χ1v) is 13.0. The second-order valence-corrected chi connectivity index (χ2v) is 9.35. The van der Waals surface area contributed by atoms with E-state index in [1.807, 2.05) is 6.07 Å². The number of nitrogens with one attached hydrogen (secondary N) is 2. The number of carbonyl (C=O) groups excluding carboxylic acids is 3. The quantitative estimate of drug-likeness (QED) is 0.167. The van der Waals surface area contributed by atoms with Gasteiger partial charge in [0.05, 0.1) is 16.7 Å². The van der Waals surface area contributed by atoms with Gasteiger partial charge in [-0.25, -0.2) is 4.79 Å². The molecular formula is C28H24Cl2N2O4S. The van der Waals surface area contributed by atoms with Gasteiger partial charge in [-0.05, 0) is 55.0 Å². The molecule has 37 heavy (non-hydrogen) atoms. The molecule has 0 spiro atoms. The number of halogens is 2. The van der Waals surface area contributed by atoms with Crippen molar-refractivity contribution in [2.45, 2.75) is 11.8 Å². The van der Waals surface area contributed by atoms with Crippen molar-refractivity contribution in [2.24, 2.45) is 0 Å². The van der Waals surface area contributed by atoms with Crippen molar-refractivity contribution in [1.29, 1.82) is 0 Å². The number of rotatable bonds is 10. The molecule has 3 aromatic rings. The van der Waals surface area contributed by atoms with Crippen molar-refractivity contribution in [1.82, 2.24) is 5.32 Å². The van der Waals surface area contributed by atoms with Gasteiger partial charge in [-0.2, -0.15) is 0 Å². The normalized spacial score (nSPS) is 11.3. The van der Waals surface area contributed by atoms with Crippen LogP contribution < -0.4 is 10.6 Å². The summed E-state index contributed by atoms with van der Waals surface area (Å²) in [6.07, 6.45) is 4.57. The number of ether oxygens (including phenoxy) is 1. The van der Waals surface area contributed by atoms with Crippen LogP contribution in [-0.4, -0.2) is 30.1 Å². The highest BCUT2D eigenvalue weighted by Gasteiger charge is 2.16. The van der Waals surface area contributed by atoms with Gasteiger partial charge in [-0.1, -0.05) is 65.7 Å². The maximum Gasteiger partial charge on any atom is 0.330 e. The van der Waals surface area contributed by atoms with E-state index in [9.17, 15) is 14.4 Å². The second kappa shape index (κ2) is 14.3. The Hall–Kier alpha value is -3.52. The topological polar surface area (TPSA) is 84.5 Å². The van der Waals surface area contributed by atoms with Gasteiger partial charge in [0.25, 0.3) is 11.8 Å². The monoisotopic (exact) mass is 554 g/mol. The predicted octanol–water partition coefficient (Wildman–Crippen LogP) is 6.61. The van der Waals surface area contributed by atoms with E-state index in [0.717, 1.165) is 4.90 Å². The molecule has 0 aliphatic carbocycles. The van der Waals surface area contributed by atoms with Crippen LogP contribution in [-0.2, 0) is 14.3 Å². The van der Waals surface area contributed by atoms with E-state index in [2.05, 4.69) is 10.6 Å². The third-order valence-electron chi connectivity index (χ3n) is 4.79. The number of carbonyl (C=O) groups is 3. The zero-order valence-corrected chi connectivity index (χ0v) is 22.2. The molecule has 6 nitrogen and oxygen atoms in total.